The summed E-state index contributed by atoms with van der Waals surface area (Å²) >= 11 is 21.3. The second kappa shape index (κ2) is 4.41. The van der Waals surface area contributed by atoms with Crippen LogP contribution >= 0.6 is 46.4 Å². The lowest BCUT2D eigenvalue weighted by molar-refractivity contribution is -0.143. The molecule has 0 amide bonds. The molecule has 14 heavy (non-hydrogen) atoms. The number of ether oxygens (including phenoxy) is 2. The van der Waals surface area contributed by atoms with E-state index in [1.165, 1.54) is 0 Å². The van der Waals surface area contributed by atoms with Gasteiger partial charge in [0.25, 0.3) is 10.1 Å². The van der Waals surface area contributed by atoms with Crippen LogP contribution in [-0.2, 0) is 19.1 Å². The standard InChI is InChI=1S/C6H4Cl4O4/c7-3(11)1-2-4(12)14-5(13-2)6(8,9)10/h2,5H,1H2/t2-,5+/m0/s1. The Balaban J connectivity index is 2.60. The molecule has 0 radical (unpaired) electrons. The van der Waals surface area contributed by atoms with E-state index in [0.29, 0.717) is 0 Å². The number of carbonyl (C=O) groups excluding carboxylic acids is 2. The first-order chi connectivity index (χ1) is 6.30. The van der Waals surface area contributed by atoms with Crippen LogP contribution in [0.1, 0.15) is 6.42 Å². The molecule has 1 saturated heterocycles. The number of alkyl halides is 3. The molecule has 4 nitrogen and oxygen atoms in total. The normalized spacial score (nSPS) is 27.6. The smallest absolute Gasteiger partial charge is 0.338 e. The average molecular weight is 282 g/mol. The quantitative estimate of drug-likeness (QED) is 0.440. The Morgan fingerprint density at radius 3 is 2.36 bits per heavy atom. The molecule has 0 bridgehead atoms. The lowest BCUT2D eigenvalue weighted by atomic mass is 10.3. The molecule has 1 heterocycles. The highest BCUT2D eigenvalue weighted by molar-refractivity contribution is 6.68. The molecule has 80 valence electrons. The molecule has 0 aliphatic carbocycles. The Labute approximate surface area is 99.3 Å². The predicted octanol–water partition coefficient (Wildman–Crippen LogP) is 1.78. The van der Waals surface area contributed by atoms with Crippen LogP contribution in [0.5, 0.6) is 0 Å². The van der Waals surface area contributed by atoms with Gasteiger partial charge >= 0.3 is 5.97 Å². The average Bonchev–Trinajstić information content (AvgIpc) is 2.30. The van der Waals surface area contributed by atoms with E-state index in [-0.39, 0.29) is 6.42 Å². The molecule has 0 N–H and O–H groups in total. The van der Waals surface area contributed by atoms with Gasteiger partial charge in [-0.15, -0.1) is 0 Å². The third-order valence-electron chi connectivity index (χ3n) is 1.39. The minimum Gasteiger partial charge on any atom is -0.429 e. The number of hydrogen-bond donors (Lipinski definition) is 0. The molecule has 1 aliphatic heterocycles. The fourth-order valence-electron chi connectivity index (χ4n) is 0.835. The Kier molecular flexibility index (Phi) is 3.88. The van der Waals surface area contributed by atoms with Crippen LogP contribution in [0.4, 0.5) is 0 Å². The van der Waals surface area contributed by atoms with Crippen LogP contribution in [0.15, 0.2) is 0 Å². The van der Waals surface area contributed by atoms with Gasteiger partial charge in [-0.2, -0.15) is 0 Å². The molecule has 0 unspecified atom stereocenters. The largest absolute Gasteiger partial charge is 0.429 e. The molecular formula is C6H4Cl4O4. The summed E-state index contributed by atoms with van der Waals surface area (Å²) in [6, 6.07) is 0. The van der Waals surface area contributed by atoms with Crippen molar-refractivity contribution in [2.24, 2.45) is 0 Å². The van der Waals surface area contributed by atoms with E-state index < -0.39 is 27.4 Å². The molecular weight excluding hydrogens is 278 g/mol. The van der Waals surface area contributed by atoms with Crippen LogP contribution in [0.2, 0.25) is 0 Å². The summed E-state index contributed by atoms with van der Waals surface area (Å²) in [6.07, 6.45) is -2.71. The predicted molar refractivity (Wildman–Crippen MR) is 50.5 cm³/mol. The maximum absolute atomic E-state index is 11.0. The molecule has 1 rings (SSSR count). The fourth-order valence-corrected chi connectivity index (χ4v) is 1.26. The highest BCUT2D eigenvalue weighted by atomic mass is 35.6. The first kappa shape index (κ1) is 12.3. The van der Waals surface area contributed by atoms with Crippen molar-refractivity contribution in [3.63, 3.8) is 0 Å². The van der Waals surface area contributed by atoms with Gasteiger partial charge in [0.15, 0.2) is 6.10 Å². The summed E-state index contributed by atoms with van der Waals surface area (Å²) in [6.45, 7) is 0. The molecule has 0 aromatic carbocycles. The van der Waals surface area contributed by atoms with Crippen molar-refractivity contribution in [2.75, 3.05) is 0 Å². The monoisotopic (exact) mass is 280 g/mol. The van der Waals surface area contributed by atoms with Gasteiger partial charge in [-0.3, -0.25) is 4.79 Å². The van der Waals surface area contributed by atoms with Gasteiger partial charge in [0.05, 0.1) is 6.42 Å². The zero-order chi connectivity index (χ0) is 10.9. The molecule has 0 spiro atoms. The van der Waals surface area contributed by atoms with E-state index in [2.05, 4.69) is 4.74 Å². The van der Waals surface area contributed by atoms with Gasteiger partial charge in [0, 0.05) is 0 Å². The number of cyclic esters (lactones) is 1. The Morgan fingerprint density at radius 2 is 2.00 bits per heavy atom. The number of esters is 1. The zero-order valence-corrected chi connectivity index (χ0v) is 9.53. The Hall–Kier alpha value is 0.260. The van der Waals surface area contributed by atoms with Crippen LogP contribution < -0.4 is 0 Å². The summed E-state index contributed by atoms with van der Waals surface area (Å²) in [4.78, 5) is 21.5. The summed E-state index contributed by atoms with van der Waals surface area (Å²) in [5.41, 5.74) is 0. The van der Waals surface area contributed by atoms with Gasteiger partial charge < -0.3 is 9.47 Å². The van der Waals surface area contributed by atoms with E-state index in [0.717, 1.165) is 0 Å². The van der Waals surface area contributed by atoms with Crippen LogP contribution in [-0.4, -0.2) is 27.4 Å². The van der Waals surface area contributed by atoms with E-state index in [4.69, 9.17) is 51.1 Å². The maximum atomic E-state index is 11.0. The molecule has 8 heteroatoms. The number of carbonyl (C=O) groups is 2. The second-order valence-corrected chi connectivity index (χ2v) is 5.28. The Morgan fingerprint density at radius 1 is 1.43 bits per heavy atom. The van der Waals surface area contributed by atoms with Crippen molar-refractivity contribution in [3.8, 4) is 0 Å². The van der Waals surface area contributed by atoms with Crippen molar-refractivity contribution < 1.29 is 19.1 Å². The third-order valence-corrected chi connectivity index (χ3v) is 2.08. The topological polar surface area (TPSA) is 52.6 Å². The molecule has 0 saturated carbocycles. The fraction of sp³-hybridized carbons (Fsp3) is 0.667. The van der Waals surface area contributed by atoms with E-state index in [9.17, 15) is 9.59 Å². The van der Waals surface area contributed by atoms with Crippen molar-refractivity contribution in [1.29, 1.82) is 0 Å². The van der Waals surface area contributed by atoms with Gasteiger partial charge in [-0.25, -0.2) is 4.79 Å². The first-order valence-electron chi connectivity index (χ1n) is 3.41. The van der Waals surface area contributed by atoms with E-state index in [1.54, 1.807) is 0 Å². The second-order valence-electron chi connectivity index (χ2n) is 2.49. The molecule has 0 aromatic heterocycles. The van der Waals surface area contributed by atoms with Crippen molar-refractivity contribution in [3.05, 3.63) is 0 Å². The summed E-state index contributed by atoms with van der Waals surface area (Å²) in [7, 11) is 0. The van der Waals surface area contributed by atoms with Gasteiger partial charge in [-0.05, 0) is 11.6 Å². The third kappa shape index (κ3) is 3.14. The number of rotatable bonds is 2. The van der Waals surface area contributed by atoms with Gasteiger partial charge in [-0.1, -0.05) is 34.8 Å². The summed E-state index contributed by atoms with van der Waals surface area (Å²) < 4.78 is 7.57. The van der Waals surface area contributed by atoms with E-state index >= 15 is 0 Å². The molecule has 0 aromatic rings. The van der Waals surface area contributed by atoms with Crippen molar-refractivity contribution in [1.82, 2.24) is 0 Å². The summed E-state index contributed by atoms with van der Waals surface area (Å²) in [5, 5.41) is -0.725. The van der Waals surface area contributed by atoms with Gasteiger partial charge in [0.1, 0.15) is 0 Å². The number of halogens is 4. The maximum Gasteiger partial charge on any atom is 0.338 e. The van der Waals surface area contributed by atoms with Crippen molar-refractivity contribution >= 4 is 57.6 Å². The molecule has 1 aliphatic rings. The van der Waals surface area contributed by atoms with E-state index in [1.807, 2.05) is 0 Å². The van der Waals surface area contributed by atoms with Crippen molar-refractivity contribution in [2.45, 2.75) is 22.6 Å². The minimum atomic E-state index is -1.88. The SMILES string of the molecule is O=C(Cl)C[C@@H]1O[C@@H](C(Cl)(Cl)Cl)OC1=O. The van der Waals surface area contributed by atoms with Crippen LogP contribution in [0, 0.1) is 0 Å². The first-order valence-corrected chi connectivity index (χ1v) is 4.93. The molecule has 2 atom stereocenters. The van der Waals surface area contributed by atoms with Crippen LogP contribution in [0.25, 0.3) is 0 Å². The lowest BCUT2D eigenvalue weighted by Crippen LogP contribution is -2.27. The zero-order valence-electron chi connectivity index (χ0n) is 6.51. The highest BCUT2D eigenvalue weighted by Gasteiger charge is 2.47. The lowest BCUT2D eigenvalue weighted by Gasteiger charge is -2.16. The van der Waals surface area contributed by atoms with Gasteiger partial charge in [0.2, 0.25) is 5.24 Å². The molecule has 1 fully saturated rings. The Bertz CT molecular complexity index is 261. The van der Waals surface area contributed by atoms with Crippen LogP contribution in [0.3, 0.4) is 0 Å². The summed E-state index contributed by atoms with van der Waals surface area (Å²) in [5.74, 6) is -0.768. The highest BCUT2D eigenvalue weighted by Crippen LogP contribution is 2.37. The minimum absolute atomic E-state index is 0.308. The number of hydrogen-bond acceptors (Lipinski definition) is 4.